The molecule has 3 aliphatic rings. The van der Waals surface area contributed by atoms with Gasteiger partial charge in [-0.15, -0.1) is 0 Å². The highest BCUT2D eigenvalue weighted by atomic mass is 16.8. The molecular weight excluding hydrogens is 180 g/mol. The zero-order valence-corrected chi connectivity index (χ0v) is 8.87. The second kappa shape index (κ2) is 2.10. The lowest BCUT2D eigenvalue weighted by Gasteiger charge is -2.27. The van der Waals surface area contributed by atoms with Crippen molar-refractivity contribution in [1.29, 1.82) is 0 Å². The molecule has 4 atom stereocenters. The molecule has 0 aromatic heterocycles. The van der Waals surface area contributed by atoms with E-state index in [9.17, 15) is 4.79 Å². The van der Waals surface area contributed by atoms with Crippen molar-refractivity contribution in [2.24, 2.45) is 17.3 Å². The molecule has 78 valence electrons. The minimum atomic E-state index is -0.459. The van der Waals surface area contributed by atoms with E-state index in [0.717, 1.165) is 6.42 Å². The van der Waals surface area contributed by atoms with Crippen molar-refractivity contribution in [3.05, 3.63) is 0 Å². The van der Waals surface area contributed by atoms with Crippen molar-refractivity contribution in [2.45, 2.75) is 45.3 Å². The second-order valence-electron chi connectivity index (χ2n) is 5.51. The van der Waals surface area contributed by atoms with Crippen molar-refractivity contribution in [3.8, 4) is 0 Å². The van der Waals surface area contributed by atoms with Crippen molar-refractivity contribution < 1.29 is 14.3 Å². The molecule has 4 unspecified atom stereocenters. The Bertz CT molecular complexity index is 310. The first-order valence-corrected chi connectivity index (χ1v) is 5.40. The Morgan fingerprint density at radius 3 is 2.71 bits per heavy atom. The molecule has 3 nitrogen and oxygen atoms in total. The molecule has 0 amide bonds. The Morgan fingerprint density at radius 2 is 2.07 bits per heavy atom. The summed E-state index contributed by atoms with van der Waals surface area (Å²) >= 11 is 0. The van der Waals surface area contributed by atoms with E-state index in [2.05, 4.69) is 20.8 Å². The summed E-state index contributed by atoms with van der Waals surface area (Å²) in [5.74, 6) is 0.960. The minimum absolute atomic E-state index is 0.00347. The zero-order valence-electron chi connectivity index (χ0n) is 8.87. The van der Waals surface area contributed by atoms with Gasteiger partial charge in [0.2, 0.25) is 0 Å². The average molecular weight is 196 g/mol. The summed E-state index contributed by atoms with van der Waals surface area (Å²) in [6.45, 7) is 6.52. The molecule has 2 aliphatic carbocycles. The van der Waals surface area contributed by atoms with Crippen LogP contribution < -0.4 is 0 Å². The van der Waals surface area contributed by atoms with Gasteiger partial charge in [-0.25, -0.2) is 4.79 Å². The summed E-state index contributed by atoms with van der Waals surface area (Å²) in [7, 11) is 0. The lowest BCUT2D eigenvalue weighted by atomic mass is 9.85. The Hall–Kier alpha value is -0.730. The fourth-order valence-corrected chi connectivity index (χ4v) is 3.74. The van der Waals surface area contributed by atoms with E-state index in [1.54, 1.807) is 0 Å². The predicted octanol–water partition coefficient (Wildman–Crippen LogP) is 2.35. The maximum absolute atomic E-state index is 11.2. The van der Waals surface area contributed by atoms with Crippen molar-refractivity contribution in [1.82, 2.24) is 0 Å². The van der Waals surface area contributed by atoms with Crippen LogP contribution >= 0.6 is 0 Å². The average Bonchev–Trinajstić information content (AvgIpc) is 2.42. The monoisotopic (exact) mass is 196 g/mol. The SMILES string of the molecule is CC1CCC2C(C)(C)C23OC(=O)OC13. The molecule has 3 heteroatoms. The van der Waals surface area contributed by atoms with Crippen LogP contribution in [0.1, 0.15) is 33.6 Å². The summed E-state index contributed by atoms with van der Waals surface area (Å²) in [6.07, 6.45) is 1.86. The highest BCUT2D eigenvalue weighted by Gasteiger charge is 2.83. The van der Waals surface area contributed by atoms with E-state index in [4.69, 9.17) is 9.47 Å². The third-order valence-corrected chi connectivity index (χ3v) is 4.64. The Balaban J connectivity index is 2.03. The maximum Gasteiger partial charge on any atom is 0.509 e. The van der Waals surface area contributed by atoms with Crippen LogP contribution in [0.3, 0.4) is 0 Å². The van der Waals surface area contributed by atoms with Gasteiger partial charge in [-0.2, -0.15) is 0 Å². The number of carbonyl (C=O) groups is 1. The molecule has 14 heavy (non-hydrogen) atoms. The van der Waals surface area contributed by atoms with Crippen molar-refractivity contribution >= 4 is 6.16 Å². The quantitative estimate of drug-likeness (QED) is 0.558. The van der Waals surface area contributed by atoms with Gasteiger partial charge in [-0.05, 0) is 18.8 Å². The van der Waals surface area contributed by atoms with Crippen LogP contribution in [-0.4, -0.2) is 17.9 Å². The summed E-state index contributed by atoms with van der Waals surface area (Å²) in [5.41, 5.74) is -0.156. The molecule has 1 spiro atoms. The molecule has 1 heterocycles. The van der Waals surface area contributed by atoms with Gasteiger partial charge in [0.1, 0.15) is 6.10 Å². The lowest BCUT2D eigenvalue weighted by molar-refractivity contribution is 0.0347. The van der Waals surface area contributed by atoms with Gasteiger partial charge in [-0.3, -0.25) is 0 Å². The summed E-state index contributed by atoms with van der Waals surface area (Å²) in [6, 6.07) is 0. The Labute approximate surface area is 83.8 Å². The van der Waals surface area contributed by atoms with Gasteiger partial charge in [0, 0.05) is 11.3 Å². The highest BCUT2D eigenvalue weighted by molar-refractivity contribution is 5.66. The highest BCUT2D eigenvalue weighted by Crippen LogP contribution is 2.73. The second-order valence-corrected chi connectivity index (χ2v) is 5.51. The fraction of sp³-hybridized carbons (Fsp3) is 0.909. The molecule has 2 saturated carbocycles. The van der Waals surface area contributed by atoms with E-state index < -0.39 is 6.16 Å². The lowest BCUT2D eigenvalue weighted by Crippen LogP contribution is -2.38. The summed E-state index contributed by atoms with van der Waals surface area (Å²) < 4.78 is 10.7. The summed E-state index contributed by atoms with van der Waals surface area (Å²) in [4.78, 5) is 11.2. The van der Waals surface area contributed by atoms with E-state index in [-0.39, 0.29) is 17.1 Å². The van der Waals surface area contributed by atoms with Crippen molar-refractivity contribution in [3.63, 3.8) is 0 Å². The van der Waals surface area contributed by atoms with Gasteiger partial charge in [0.25, 0.3) is 0 Å². The van der Waals surface area contributed by atoms with Gasteiger partial charge >= 0.3 is 6.16 Å². The fourth-order valence-electron chi connectivity index (χ4n) is 3.74. The van der Waals surface area contributed by atoms with Gasteiger partial charge < -0.3 is 9.47 Å². The van der Waals surface area contributed by atoms with Gasteiger partial charge in [-0.1, -0.05) is 20.8 Å². The largest absolute Gasteiger partial charge is 0.509 e. The number of carbonyl (C=O) groups excluding carboxylic acids is 1. The zero-order chi connectivity index (χ0) is 10.1. The van der Waals surface area contributed by atoms with E-state index >= 15 is 0 Å². The topological polar surface area (TPSA) is 35.5 Å². The molecule has 1 saturated heterocycles. The number of rotatable bonds is 0. The first-order chi connectivity index (χ1) is 6.50. The van der Waals surface area contributed by atoms with Crippen LogP contribution in [0.25, 0.3) is 0 Å². The van der Waals surface area contributed by atoms with Crippen LogP contribution in [0, 0.1) is 17.3 Å². The number of hydrogen-bond acceptors (Lipinski definition) is 3. The van der Waals surface area contributed by atoms with E-state index in [0.29, 0.717) is 11.8 Å². The maximum atomic E-state index is 11.2. The number of hydrogen-bond donors (Lipinski definition) is 0. The Kier molecular flexibility index (Phi) is 1.28. The van der Waals surface area contributed by atoms with E-state index in [1.807, 2.05) is 0 Å². The first kappa shape index (κ1) is 8.57. The number of ether oxygens (including phenoxy) is 2. The third kappa shape index (κ3) is 0.665. The van der Waals surface area contributed by atoms with Gasteiger partial charge in [0.15, 0.2) is 5.60 Å². The smallest absolute Gasteiger partial charge is 0.426 e. The molecule has 3 fully saturated rings. The van der Waals surface area contributed by atoms with Crippen LogP contribution in [0.2, 0.25) is 0 Å². The molecule has 0 aromatic carbocycles. The summed E-state index contributed by atoms with van der Waals surface area (Å²) in [5, 5.41) is 0. The minimum Gasteiger partial charge on any atom is -0.426 e. The van der Waals surface area contributed by atoms with Gasteiger partial charge in [0.05, 0.1) is 0 Å². The molecule has 3 rings (SSSR count). The first-order valence-electron chi connectivity index (χ1n) is 5.40. The molecule has 1 aliphatic heterocycles. The molecule has 0 bridgehead atoms. The Morgan fingerprint density at radius 1 is 1.36 bits per heavy atom. The van der Waals surface area contributed by atoms with Crippen LogP contribution in [0.4, 0.5) is 4.79 Å². The standard InChI is InChI=1S/C11H16O3/c1-6-4-5-7-10(2,3)11(7)8(6)13-9(12)14-11/h6-8H,4-5H2,1-3H3. The molecule has 0 radical (unpaired) electrons. The van der Waals surface area contributed by atoms with E-state index in [1.165, 1.54) is 6.42 Å². The van der Waals surface area contributed by atoms with Crippen LogP contribution in [0.5, 0.6) is 0 Å². The van der Waals surface area contributed by atoms with Crippen molar-refractivity contribution in [2.75, 3.05) is 0 Å². The molecule has 0 aromatic rings. The predicted molar refractivity (Wildman–Crippen MR) is 49.8 cm³/mol. The molecular formula is C11H16O3. The van der Waals surface area contributed by atoms with Crippen LogP contribution in [-0.2, 0) is 9.47 Å². The normalized spacial score (nSPS) is 52.8. The van der Waals surface area contributed by atoms with Crippen LogP contribution in [0.15, 0.2) is 0 Å². The molecule has 0 N–H and O–H groups in total. The third-order valence-electron chi connectivity index (χ3n) is 4.64.